The molecule has 1 radical (unpaired) electrons. The highest BCUT2D eigenvalue weighted by Gasteiger charge is 2.05. The second kappa shape index (κ2) is 2.68. The summed E-state index contributed by atoms with van der Waals surface area (Å²) < 4.78 is 13.1. The van der Waals surface area contributed by atoms with Crippen molar-refractivity contribution in [1.29, 1.82) is 0 Å². The molecule has 0 N–H and O–H groups in total. The van der Waals surface area contributed by atoms with Crippen LogP contribution in [0.15, 0.2) is 18.2 Å². The van der Waals surface area contributed by atoms with Gasteiger partial charge in [-0.25, -0.2) is 14.4 Å². The van der Waals surface area contributed by atoms with Crippen LogP contribution in [0.1, 0.15) is 0 Å². The van der Waals surface area contributed by atoms with Gasteiger partial charge in [-0.05, 0) is 12.1 Å². The fourth-order valence-corrected chi connectivity index (χ4v) is 1.21. The summed E-state index contributed by atoms with van der Waals surface area (Å²) in [4.78, 5) is 7.30. The van der Waals surface area contributed by atoms with Crippen LogP contribution in [0.25, 0.3) is 10.9 Å². The molecule has 1 heterocycles. The van der Waals surface area contributed by atoms with Crippen LogP contribution in [0.2, 0.25) is 5.15 Å². The molecule has 0 atom stereocenters. The van der Waals surface area contributed by atoms with Crippen molar-refractivity contribution in [2.24, 2.45) is 0 Å². The molecular formula is C8H3ClFN2. The van der Waals surface area contributed by atoms with Crippen molar-refractivity contribution in [3.63, 3.8) is 0 Å². The van der Waals surface area contributed by atoms with Gasteiger partial charge in [-0.3, -0.25) is 0 Å². The number of nitrogens with zero attached hydrogens (tertiary/aromatic N) is 2. The van der Waals surface area contributed by atoms with E-state index in [9.17, 15) is 4.39 Å². The number of benzene rings is 1. The molecule has 0 saturated carbocycles. The van der Waals surface area contributed by atoms with Gasteiger partial charge in [0.1, 0.15) is 11.0 Å². The minimum Gasteiger partial charge on any atom is -0.225 e. The summed E-state index contributed by atoms with van der Waals surface area (Å²) in [5.41, 5.74) is 0.468. The van der Waals surface area contributed by atoms with Crippen molar-refractivity contribution in [2.75, 3.05) is 0 Å². The van der Waals surface area contributed by atoms with Gasteiger partial charge in [0.15, 0.2) is 6.33 Å². The van der Waals surface area contributed by atoms with Gasteiger partial charge in [0.25, 0.3) is 0 Å². The van der Waals surface area contributed by atoms with Crippen molar-refractivity contribution in [2.45, 2.75) is 0 Å². The number of halogens is 2. The Morgan fingerprint density at radius 3 is 2.92 bits per heavy atom. The van der Waals surface area contributed by atoms with Crippen LogP contribution in [0.3, 0.4) is 0 Å². The number of fused-ring (bicyclic) bond motifs is 1. The fraction of sp³-hybridized carbons (Fsp3) is 0. The van der Waals surface area contributed by atoms with Crippen LogP contribution in [-0.4, -0.2) is 9.97 Å². The quantitative estimate of drug-likeness (QED) is 0.583. The van der Waals surface area contributed by atoms with E-state index in [1.807, 2.05) is 0 Å². The molecule has 2 aromatic rings. The van der Waals surface area contributed by atoms with Crippen LogP contribution in [0.4, 0.5) is 4.39 Å². The Balaban J connectivity index is 2.96. The van der Waals surface area contributed by atoms with Gasteiger partial charge >= 0.3 is 0 Å². The van der Waals surface area contributed by atoms with E-state index < -0.39 is 5.82 Å². The molecule has 1 aromatic heterocycles. The Hall–Kier alpha value is -1.22. The molecule has 0 bridgehead atoms. The number of rotatable bonds is 0. The second-order valence-electron chi connectivity index (χ2n) is 2.25. The van der Waals surface area contributed by atoms with E-state index in [1.165, 1.54) is 6.07 Å². The first-order valence-corrected chi connectivity index (χ1v) is 3.64. The molecule has 4 heteroatoms. The Morgan fingerprint density at radius 2 is 2.17 bits per heavy atom. The molecule has 0 fully saturated rings. The lowest BCUT2D eigenvalue weighted by molar-refractivity contribution is 0.639. The third kappa shape index (κ3) is 1.02. The van der Waals surface area contributed by atoms with Crippen LogP contribution < -0.4 is 0 Å². The summed E-state index contributed by atoms with van der Waals surface area (Å²) >= 11 is 5.64. The van der Waals surface area contributed by atoms with Gasteiger partial charge in [-0.1, -0.05) is 17.7 Å². The topological polar surface area (TPSA) is 25.8 Å². The highest BCUT2D eigenvalue weighted by Crippen LogP contribution is 2.21. The van der Waals surface area contributed by atoms with Crippen molar-refractivity contribution >= 4 is 22.5 Å². The van der Waals surface area contributed by atoms with Gasteiger partial charge in [-0.2, -0.15) is 0 Å². The largest absolute Gasteiger partial charge is 0.225 e. The maximum absolute atomic E-state index is 13.1. The minimum atomic E-state index is -0.411. The van der Waals surface area contributed by atoms with Gasteiger partial charge in [0.05, 0.1) is 10.9 Å². The minimum absolute atomic E-state index is 0.0955. The Bertz CT molecular complexity index is 394. The van der Waals surface area contributed by atoms with Gasteiger partial charge in [-0.15, -0.1) is 0 Å². The first-order valence-electron chi connectivity index (χ1n) is 3.27. The maximum Gasteiger partial charge on any atom is 0.199 e. The molecule has 1 aromatic carbocycles. The average Bonchev–Trinajstić information content (AvgIpc) is 2.04. The molecule has 0 amide bonds. The van der Waals surface area contributed by atoms with Crippen molar-refractivity contribution in [3.8, 4) is 0 Å². The third-order valence-corrected chi connectivity index (χ3v) is 1.79. The van der Waals surface area contributed by atoms with Crippen LogP contribution in [0.5, 0.6) is 0 Å². The van der Waals surface area contributed by atoms with Gasteiger partial charge in [0, 0.05) is 0 Å². The molecule has 0 aliphatic rings. The highest BCUT2D eigenvalue weighted by atomic mass is 35.5. The monoisotopic (exact) mass is 181 g/mol. The average molecular weight is 182 g/mol. The first kappa shape index (κ1) is 7.43. The zero-order valence-electron chi connectivity index (χ0n) is 5.88. The fourth-order valence-electron chi connectivity index (χ4n) is 0.989. The lowest BCUT2D eigenvalue weighted by Gasteiger charge is -1.97. The zero-order valence-corrected chi connectivity index (χ0v) is 6.64. The summed E-state index contributed by atoms with van der Waals surface area (Å²) in [6.07, 6.45) is 2.33. The molecule has 0 aliphatic heterocycles. The highest BCUT2D eigenvalue weighted by molar-refractivity contribution is 6.34. The predicted octanol–water partition coefficient (Wildman–Crippen LogP) is 2.22. The molecule has 2 rings (SSSR count). The van der Waals surface area contributed by atoms with Crippen molar-refractivity contribution < 1.29 is 4.39 Å². The van der Waals surface area contributed by atoms with E-state index in [4.69, 9.17) is 11.6 Å². The van der Waals surface area contributed by atoms with E-state index in [-0.39, 0.29) is 10.5 Å². The Morgan fingerprint density at radius 1 is 1.33 bits per heavy atom. The molecule has 0 saturated heterocycles. The molecular weight excluding hydrogens is 179 g/mol. The summed E-state index contributed by atoms with van der Waals surface area (Å²) in [5.74, 6) is -0.411. The molecule has 0 unspecified atom stereocenters. The lowest BCUT2D eigenvalue weighted by atomic mass is 10.2. The van der Waals surface area contributed by atoms with Crippen LogP contribution in [-0.2, 0) is 0 Å². The Kier molecular flexibility index (Phi) is 1.66. The van der Waals surface area contributed by atoms with Crippen LogP contribution in [0, 0.1) is 12.1 Å². The van der Waals surface area contributed by atoms with E-state index in [0.29, 0.717) is 5.52 Å². The molecule has 12 heavy (non-hydrogen) atoms. The normalized spacial score (nSPS) is 10.5. The van der Waals surface area contributed by atoms with Crippen molar-refractivity contribution in [3.05, 3.63) is 35.5 Å². The Labute approximate surface area is 73.0 Å². The molecule has 0 aliphatic carbocycles. The first-order chi connectivity index (χ1) is 5.79. The van der Waals surface area contributed by atoms with E-state index in [2.05, 4.69) is 16.3 Å². The summed E-state index contributed by atoms with van der Waals surface area (Å²) in [6, 6.07) is 4.54. The third-order valence-electron chi connectivity index (χ3n) is 1.52. The number of hydrogen-bond donors (Lipinski definition) is 0. The summed E-state index contributed by atoms with van der Waals surface area (Å²) in [5, 5.41) is 0.344. The van der Waals surface area contributed by atoms with Gasteiger partial charge in [0.2, 0.25) is 0 Å². The maximum atomic E-state index is 13.1. The second-order valence-corrected chi connectivity index (χ2v) is 2.61. The van der Waals surface area contributed by atoms with E-state index in [0.717, 1.165) is 0 Å². The van der Waals surface area contributed by atoms with Crippen LogP contribution >= 0.6 is 11.6 Å². The molecule has 2 nitrogen and oxygen atoms in total. The predicted molar refractivity (Wildman–Crippen MR) is 43.3 cm³/mol. The smallest absolute Gasteiger partial charge is 0.199 e. The molecule has 59 valence electrons. The SMILES string of the molecule is Fc1cccc2n[c]nc(Cl)c12. The zero-order chi connectivity index (χ0) is 8.55. The standard InChI is InChI=1S/C8H3ClFN2/c9-8-7-5(10)2-1-3-6(7)11-4-12-8/h1-3H. The van der Waals surface area contributed by atoms with Gasteiger partial charge < -0.3 is 0 Å². The number of hydrogen-bond acceptors (Lipinski definition) is 2. The van der Waals surface area contributed by atoms with E-state index in [1.54, 1.807) is 12.1 Å². The molecule has 0 spiro atoms. The van der Waals surface area contributed by atoms with E-state index >= 15 is 0 Å². The summed E-state index contributed by atoms with van der Waals surface area (Å²) in [6.45, 7) is 0. The number of aromatic nitrogens is 2. The lowest BCUT2D eigenvalue weighted by Crippen LogP contribution is -1.86. The van der Waals surface area contributed by atoms with Crippen molar-refractivity contribution in [1.82, 2.24) is 9.97 Å². The summed E-state index contributed by atoms with van der Waals surface area (Å²) in [7, 11) is 0.